The highest BCUT2D eigenvalue weighted by molar-refractivity contribution is 7.92. The molecule has 1 aliphatic heterocycles. The van der Waals surface area contributed by atoms with Gasteiger partial charge in [-0.2, -0.15) is 0 Å². The van der Waals surface area contributed by atoms with E-state index in [-0.39, 0.29) is 11.7 Å². The van der Waals surface area contributed by atoms with Gasteiger partial charge < -0.3 is 14.3 Å². The number of halogens is 1. The smallest absolute Gasteiger partial charge is 0.254 e. The SMILES string of the molecule is CNC(=O)c1coc2cc(N(C)S(C)(=O)=O)c(-c3ccc4c(n3)-c3cc5c(F)cccc5n3C4)cc12. The minimum atomic E-state index is -3.61. The lowest BCUT2D eigenvalue weighted by Gasteiger charge is -2.20. The first kappa shape index (κ1) is 22.3. The Hall–Kier alpha value is -4.18. The number of benzene rings is 2. The summed E-state index contributed by atoms with van der Waals surface area (Å²) in [6.45, 7) is 0.558. The van der Waals surface area contributed by atoms with Crippen LogP contribution in [0.2, 0.25) is 0 Å². The normalized spacial score (nSPS) is 12.7. The van der Waals surface area contributed by atoms with Gasteiger partial charge in [-0.1, -0.05) is 12.1 Å². The van der Waals surface area contributed by atoms with E-state index in [1.807, 2.05) is 22.8 Å². The summed E-state index contributed by atoms with van der Waals surface area (Å²) in [5.41, 5.74) is 5.37. The van der Waals surface area contributed by atoms with Crippen molar-refractivity contribution in [3.63, 3.8) is 0 Å². The molecule has 1 amide bonds. The zero-order valence-corrected chi connectivity index (χ0v) is 20.5. The van der Waals surface area contributed by atoms with Gasteiger partial charge in [0.2, 0.25) is 10.0 Å². The molecule has 0 bridgehead atoms. The van der Waals surface area contributed by atoms with Gasteiger partial charge in [-0.15, -0.1) is 0 Å². The van der Waals surface area contributed by atoms with Crippen LogP contribution in [0.3, 0.4) is 0 Å². The van der Waals surface area contributed by atoms with Crippen LogP contribution in [-0.4, -0.2) is 44.2 Å². The molecule has 182 valence electrons. The van der Waals surface area contributed by atoms with E-state index < -0.39 is 10.0 Å². The zero-order chi connectivity index (χ0) is 25.4. The maximum Gasteiger partial charge on any atom is 0.254 e. The standard InChI is InChI=1S/C26H21FN4O4S/c1-28-26(32)18-13-35-24-11-22(30(2)36(3,33)34)17(9-15(18)24)20-8-7-14-12-31-21-6-4-5-19(27)16(21)10-23(31)25(14)29-20/h4-11,13H,12H2,1-3H3,(H,28,32). The van der Waals surface area contributed by atoms with Crippen molar-refractivity contribution in [2.75, 3.05) is 24.7 Å². The first-order chi connectivity index (χ1) is 17.2. The van der Waals surface area contributed by atoms with Crippen molar-refractivity contribution in [2.45, 2.75) is 6.54 Å². The van der Waals surface area contributed by atoms with Crippen LogP contribution in [-0.2, 0) is 16.6 Å². The number of hydrogen-bond acceptors (Lipinski definition) is 5. The Bertz CT molecular complexity index is 1840. The van der Waals surface area contributed by atoms with Crippen molar-refractivity contribution >= 4 is 43.5 Å². The number of carbonyl (C=O) groups is 1. The molecular weight excluding hydrogens is 483 g/mol. The average molecular weight is 505 g/mol. The molecule has 2 aromatic carbocycles. The topological polar surface area (TPSA) is 97.4 Å². The summed E-state index contributed by atoms with van der Waals surface area (Å²) in [6.07, 6.45) is 2.46. The predicted octanol–water partition coefficient (Wildman–Crippen LogP) is 4.37. The Morgan fingerprint density at radius 2 is 1.97 bits per heavy atom. The molecule has 0 radical (unpaired) electrons. The van der Waals surface area contributed by atoms with E-state index in [1.54, 1.807) is 24.3 Å². The second kappa shape index (κ2) is 7.66. The molecule has 0 unspecified atom stereocenters. The Kier molecular flexibility index (Phi) is 4.74. The predicted molar refractivity (Wildman–Crippen MR) is 136 cm³/mol. The van der Waals surface area contributed by atoms with E-state index in [0.29, 0.717) is 51.1 Å². The van der Waals surface area contributed by atoms with E-state index in [0.717, 1.165) is 27.3 Å². The first-order valence-electron chi connectivity index (χ1n) is 11.2. The average Bonchev–Trinajstić information content (AvgIpc) is 3.53. The van der Waals surface area contributed by atoms with Crippen LogP contribution in [0.25, 0.3) is 44.5 Å². The van der Waals surface area contributed by atoms with Crippen LogP contribution in [0.4, 0.5) is 10.1 Å². The number of carbonyl (C=O) groups excluding carboxylic acids is 1. The molecular formula is C26H21FN4O4S. The fourth-order valence-corrected chi connectivity index (χ4v) is 5.30. The van der Waals surface area contributed by atoms with Crippen molar-refractivity contribution in [3.8, 4) is 22.6 Å². The third kappa shape index (κ3) is 3.21. The molecule has 3 aromatic heterocycles. The monoisotopic (exact) mass is 504 g/mol. The minimum absolute atomic E-state index is 0.295. The fraction of sp³-hybridized carbons (Fsp3) is 0.154. The molecule has 0 atom stereocenters. The largest absolute Gasteiger partial charge is 0.463 e. The summed E-state index contributed by atoms with van der Waals surface area (Å²) in [7, 11) is -0.632. The second-order valence-corrected chi connectivity index (χ2v) is 10.8. The van der Waals surface area contributed by atoms with Crippen molar-refractivity contribution in [1.29, 1.82) is 0 Å². The van der Waals surface area contributed by atoms with Gasteiger partial charge in [0, 0.05) is 36.5 Å². The first-order valence-corrected chi connectivity index (χ1v) is 13.0. The van der Waals surface area contributed by atoms with Crippen molar-refractivity contribution in [3.05, 3.63) is 71.7 Å². The third-order valence-electron chi connectivity index (χ3n) is 6.72. The number of sulfonamides is 1. The second-order valence-electron chi connectivity index (χ2n) is 8.82. The molecule has 1 N–H and O–H groups in total. The van der Waals surface area contributed by atoms with Crippen LogP contribution < -0.4 is 9.62 Å². The van der Waals surface area contributed by atoms with Crippen molar-refractivity contribution in [2.24, 2.45) is 0 Å². The number of anilines is 1. The van der Waals surface area contributed by atoms with E-state index in [9.17, 15) is 17.6 Å². The van der Waals surface area contributed by atoms with Crippen LogP contribution in [0.15, 0.2) is 59.2 Å². The molecule has 10 heteroatoms. The molecule has 36 heavy (non-hydrogen) atoms. The van der Waals surface area contributed by atoms with Gasteiger partial charge in [-0.3, -0.25) is 9.10 Å². The number of furan rings is 1. The Morgan fingerprint density at radius 3 is 2.72 bits per heavy atom. The summed E-state index contributed by atoms with van der Waals surface area (Å²) >= 11 is 0. The van der Waals surface area contributed by atoms with Gasteiger partial charge in [0.05, 0.1) is 46.6 Å². The maximum atomic E-state index is 14.4. The van der Waals surface area contributed by atoms with Gasteiger partial charge >= 0.3 is 0 Å². The lowest BCUT2D eigenvalue weighted by molar-refractivity contribution is 0.0964. The van der Waals surface area contributed by atoms with Gasteiger partial charge in [-0.05, 0) is 35.9 Å². The van der Waals surface area contributed by atoms with Crippen molar-refractivity contribution < 1.29 is 22.0 Å². The van der Waals surface area contributed by atoms with Crippen LogP contribution in [0.5, 0.6) is 0 Å². The number of fused-ring (bicyclic) bond motifs is 6. The summed E-state index contributed by atoms with van der Waals surface area (Å²) < 4.78 is 48.1. The summed E-state index contributed by atoms with van der Waals surface area (Å²) in [5.74, 6) is -0.617. The number of pyridine rings is 1. The Labute approximate surface area is 206 Å². The Morgan fingerprint density at radius 1 is 1.17 bits per heavy atom. The molecule has 0 spiro atoms. The highest BCUT2D eigenvalue weighted by Gasteiger charge is 2.26. The summed E-state index contributed by atoms with van der Waals surface area (Å²) in [5, 5.41) is 3.65. The lowest BCUT2D eigenvalue weighted by atomic mass is 10.0. The summed E-state index contributed by atoms with van der Waals surface area (Å²) in [6, 6.07) is 13.9. The number of nitrogens with one attached hydrogen (secondary N) is 1. The molecule has 6 rings (SSSR count). The highest BCUT2D eigenvalue weighted by atomic mass is 32.2. The van der Waals surface area contributed by atoms with Crippen molar-refractivity contribution in [1.82, 2.24) is 14.9 Å². The Balaban J connectivity index is 1.59. The number of hydrogen-bond donors (Lipinski definition) is 1. The lowest BCUT2D eigenvalue weighted by Crippen LogP contribution is -2.25. The molecule has 0 aliphatic carbocycles. The molecule has 0 saturated heterocycles. The van der Waals surface area contributed by atoms with E-state index in [1.165, 1.54) is 26.4 Å². The number of rotatable bonds is 4. The van der Waals surface area contributed by atoms with Crippen LogP contribution >= 0.6 is 0 Å². The molecule has 5 aromatic rings. The number of amides is 1. The number of aromatic nitrogens is 2. The van der Waals surface area contributed by atoms with Gasteiger partial charge in [0.1, 0.15) is 17.7 Å². The third-order valence-corrected chi connectivity index (χ3v) is 7.91. The van der Waals surface area contributed by atoms with Gasteiger partial charge in [0.25, 0.3) is 5.91 Å². The van der Waals surface area contributed by atoms with Gasteiger partial charge in [-0.25, -0.2) is 17.8 Å². The van der Waals surface area contributed by atoms with E-state index >= 15 is 0 Å². The maximum absolute atomic E-state index is 14.4. The fourth-order valence-electron chi connectivity index (χ4n) is 4.79. The molecule has 1 aliphatic rings. The zero-order valence-electron chi connectivity index (χ0n) is 19.7. The number of nitrogens with zero attached hydrogens (tertiary/aromatic N) is 3. The van der Waals surface area contributed by atoms with Gasteiger partial charge in [0.15, 0.2) is 0 Å². The molecule has 4 heterocycles. The summed E-state index contributed by atoms with van der Waals surface area (Å²) in [4.78, 5) is 17.3. The molecule has 0 fully saturated rings. The van der Waals surface area contributed by atoms with Crippen LogP contribution in [0, 0.1) is 5.82 Å². The van der Waals surface area contributed by atoms with E-state index in [2.05, 4.69) is 5.32 Å². The van der Waals surface area contributed by atoms with Crippen LogP contribution in [0.1, 0.15) is 15.9 Å². The van der Waals surface area contributed by atoms with E-state index in [4.69, 9.17) is 9.40 Å². The molecule has 8 nitrogen and oxygen atoms in total. The quantitative estimate of drug-likeness (QED) is 0.385. The molecule has 0 saturated carbocycles. The highest BCUT2D eigenvalue weighted by Crippen LogP contribution is 2.41. The minimum Gasteiger partial charge on any atom is -0.463 e.